The van der Waals surface area contributed by atoms with E-state index >= 15 is 0 Å². The van der Waals surface area contributed by atoms with E-state index in [1.807, 2.05) is 6.07 Å². The lowest BCUT2D eigenvalue weighted by Crippen LogP contribution is -2.17. The van der Waals surface area contributed by atoms with Crippen molar-refractivity contribution in [3.05, 3.63) is 35.9 Å². The summed E-state index contributed by atoms with van der Waals surface area (Å²) in [5.41, 5.74) is 1.33. The van der Waals surface area contributed by atoms with Crippen LogP contribution in [-0.4, -0.2) is 18.3 Å². The molecule has 0 aliphatic carbocycles. The Morgan fingerprint density at radius 1 is 1.20 bits per heavy atom. The number of nitrogens with one attached hydrogen (secondary N) is 1. The normalized spacial score (nSPS) is 12.7. The number of hydrogen-bond acceptors (Lipinski definition) is 2. The number of aliphatic hydroxyl groups excluding tert-OH is 1. The highest BCUT2D eigenvalue weighted by molar-refractivity contribution is 5.14. The lowest BCUT2D eigenvalue weighted by molar-refractivity contribution is 0.258. The molecule has 0 bridgehead atoms. The predicted molar refractivity (Wildman–Crippen MR) is 63.6 cm³/mol. The predicted octanol–water partition coefficient (Wildman–Crippen LogP) is 2.18. The van der Waals surface area contributed by atoms with Crippen molar-refractivity contribution in [3.63, 3.8) is 0 Å². The summed E-state index contributed by atoms with van der Waals surface area (Å²) < 4.78 is 0. The minimum Gasteiger partial charge on any atom is -0.396 e. The Morgan fingerprint density at radius 3 is 2.60 bits per heavy atom. The van der Waals surface area contributed by atoms with Crippen molar-refractivity contribution in [1.82, 2.24) is 5.32 Å². The van der Waals surface area contributed by atoms with E-state index in [2.05, 4.69) is 36.5 Å². The van der Waals surface area contributed by atoms with Crippen molar-refractivity contribution in [3.8, 4) is 0 Å². The minimum absolute atomic E-state index is 0.305. The maximum absolute atomic E-state index is 8.75. The van der Waals surface area contributed by atoms with Gasteiger partial charge in [0, 0.05) is 13.2 Å². The van der Waals surface area contributed by atoms with Gasteiger partial charge in [-0.25, -0.2) is 0 Å². The summed E-state index contributed by atoms with van der Waals surface area (Å²) >= 11 is 0. The van der Waals surface area contributed by atoms with Gasteiger partial charge in [0.1, 0.15) is 0 Å². The Balaban J connectivity index is 2.07. The Labute approximate surface area is 92.3 Å². The van der Waals surface area contributed by atoms with E-state index in [1.54, 1.807) is 0 Å². The van der Waals surface area contributed by atoms with E-state index < -0.39 is 0 Å². The molecule has 2 heteroatoms. The summed E-state index contributed by atoms with van der Waals surface area (Å²) in [7, 11) is 0. The zero-order valence-corrected chi connectivity index (χ0v) is 9.45. The van der Waals surface area contributed by atoms with Crippen molar-refractivity contribution in [1.29, 1.82) is 0 Å². The third-order valence-corrected chi connectivity index (χ3v) is 2.61. The van der Waals surface area contributed by atoms with E-state index in [-0.39, 0.29) is 0 Å². The van der Waals surface area contributed by atoms with Crippen LogP contribution in [0.25, 0.3) is 0 Å². The second-order valence-electron chi connectivity index (χ2n) is 4.07. The molecule has 0 radical (unpaired) electrons. The SMILES string of the molecule is CC(CCO)CCNCc1ccccc1. The molecular formula is C13H21NO. The molecule has 0 fully saturated rings. The fourth-order valence-electron chi connectivity index (χ4n) is 1.54. The van der Waals surface area contributed by atoms with Gasteiger partial charge in [0.2, 0.25) is 0 Å². The van der Waals surface area contributed by atoms with Crippen LogP contribution in [0.2, 0.25) is 0 Å². The molecule has 2 nitrogen and oxygen atoms in total. The highest BCUT2D eigenvalue weighted by Gasteiger charge is 1.99. The topological polar surface area (TPSA) is 32.3 Å². The van der Waals surface area contributed by atoms with Gasteiger partial charge in [-0.2, -0.15) is 0 Å². The molecule has 1 aromatic carbocycles. The molecule has 1 atom stereocenters. The van der Waals surface area contributed by atoms with Gasteiger partial charge in [-0.05, 0) is 30.9 Å². The Morgan fingerprint density at radius 2 is 1.93 bits per heavy atom. The van der Waals surface area contributed by atoms with Gasteiger partial charge in [-0.3, -0.25) is 0 Å². The highest BCUT2D eigenvalue weighted by atomic mass is 16.3. The van der Waals surface area contributed by atoms with Crippen molar-refractivity contribution >= 4 is 0 Å². The second-order valence-corrected chi connectivity index (χ2v) is 4.07. The van der Waals surface area contributed by atoms with E-state index in [0.29, 0.717) is 12.5 Å². The van der Waals surface area contributed by atoms with E-state index in [4.69, 9.17) is 5.11 Å². The first kappa shape index (κ1) is 12.2. The van der Waals surface area contributed by atoms with Crippen LogP contribution in [0.15, 0.2) is 30.3 Å². The summed E-state index contributed by atoms with van der Waals surface area (Å²) in [4.78, 5) is 0. The fourth-order valence-corrected chi connectivity index (χ4v) is 1.54. The van der Waals surface area contributed by atoms with E-state index in [0.717, 1.165) is 25.9 Å². The lowest BCUT2D eigenvalue weighted by Gasteiger charge is -2.10. The smallest absolute Gasteiger partial charge is 0.0433 e. The van der Waals surface area contributed by atoms with Crippen molar-refractivity contribution in [2.45, 2.75) is 26.3 Å². The first-order chi connectivity index (χ1) is 7.33. The zero-order chi connectivity index (χ0) is 10.9. The Bertz CT molecular complexity index is 248. The third-order valence-electron chi connectivity index (χ3n) is 2.61. The van der Waals surface area contributed by atoms with E-state index in [9.17, 15) is 0 Å². The number of benzene rings is 1. The first-order valence-electron chi connectivity index (χ1n) is 5.68. The van der Waals surface area contributed by atoms with Crippen molar-refractivity contribution in [2.75, 3.05) is 13.2 Å². The molecule has 0 spiro atoms. The van der Waals surface area contributed by atoms with Crippen molar-refractivity contribution < 1.29 is 5.11 Å². The van der Waals surface area contributed by atoms with Crippen molar-refractivity contribution in [2.24, 2.45) is 5.92 Å². The van der Waals surface area contributed by atoms with Crippen LogP contribution in [0.1, 0.15) is 25.3 Å². The van der Waals surface area contributed by atoms with Gasteiger partial charge < -0.3 is 10.4 Å². The molecule has 0 aromatic heterocycles. The van der Waals surface area contributed by atoms with Crippen LogP contribution >= 0.6 is 0 Å². The molecule has 0 saturated heterocycles. The van der Waals surface area contributed by atoms with E-state index in [1.165, 1.54) is 5.56 Å². The molecule has 0 aliphatic heterocycles. The Kier molecular flexibility index (Phi) is 6.05. The maximum Gasteiger partial charge on any atom is 0.0433 e. The standard InChI is InChI=1S/C13H21NO/c1-12(8-10-15)7-9-14-11-13-5-3-2-4-6-13/h2-6,12,14-15H,7-11H2,1H3. The van der Waals surface area contributed by atoms with Gasteiger partial charge >= 0.3 is 0 Å². The molecule has 0 heterocycles. The van der Waals surface area contributed by atoms with Crippen LogP contribution in [0.5, 0.6) is 0 Å². The monoisotopic (exact) mass is 207 g/mol. The summed E-state index contributed by atoms with van der Waals surface area (Å²) in [6.07, 6.45) is 2.04. The number of aliphatic hydroxyl groups is 1. The number of hydrogen-bond donors (Lipinski definition) is 2. The quantitative estimate of drug-likeness (QED) is 0.672. The van der Waals surface area contributed by atoms with Crippen LogP contribution in [-0.2, 0) is 6.54 Å². The van der Waals surface area contributed by atoms with Gasteiger partial charge in [0.25, 0.3) is 0 Å². The third kappa shape index (κ3) is 5.55. The second kappa shape index (κ2) is 7.43. The zero-order valence-electron chi connectivity index (χ0n) is 9.45. The summed E-state index contributed by atoms with van der Waals surface area (Å²) in [6, 6.07) is 10.4. The van der Waals surface area contributed by atoms with Gasteiger partial charge in [-0.15, -0.1) is 0 Å². The molecular weight excluding hydrogens is 186 g/mol. The van der Waals surface area contributed by atoms with Gasteiger partial charge in [0.15, 0.2) is 0 Å². The average Bonchev–Trinajstić information content (AvgIpc) is 2.26. The summed E-state index contributed by atoms with van der Waals surface area (Å²) in [5, 5.41) is 12.2. The molecule has 1 unspecified atom stereocenters. The molecule has 2 N–H and O–H groups in total. The molecule has 0 saturated carbocycles. The average molecular weight is 207 g/mol. The summed E-state index contributed by atoms with van der Waals surface area (Å²) in [5.74, 6) is 0.610. The largest absolute Gasteiger partial charge is 0.396 e. The molecule has 0 amide bonds. The summed E-state index contributed by atoms with van der Waals surface area (Å²) in [6.45, 7) is 4.45. The Hall–Kier alpha value is -0.860. The molecule has 84 valence electrons. The molecule has 1 aromatic rings. The molecule has 0 aliphatic rings. The maximum atomic E-state index is 8.75. The minimum atomic E-state index is 0.305. The van der Waals surface area contributed by atoms with Gasteiger partial charge in [-0.1, -0.05) is 37.3 Å². The highest BCUT2D eigenvalue weighted by Crippen LogP contribution is 2.05. The lowest BCUT2D eigenvalue weighted by atomic mass is 10.0. The molecule has 1 rings (SSSR count). The van der Waals surface area contributed by atoms with Gasteiger partial charge in [0.05, 0.1) is 0 Å². The molecule has 15 heavy (non-hydrogen) atoms. The first-order valence-corrected chi connectivity index (χ1v) is 5.68. The van der Waals surface area contributed by atoms with Crippen LogP contribution < -0.4 is 5.32 Å². The van der Waals surface area contributed by atoms with Crippen LogP contribution in [0.4, 0.5) is 0 Å². The number of rotatable bonds is 7. The van der Waals surface area contributed by atoms with Crippen LogP contribution in [0.3, 0.4) is 0 Å². The van der Waals surface area contributed by atoms with Crippen LogP contribution in [0, 0.1) is 5.92 Å². The fraction of sp³-hybridized carbons (Fsp3) is 0.538.